The van der Waals surface area contributed by atoms with Gasteiger partial charge in [-0.25, -0.2) is 0 Å². The van der Waals surface area contributed by atoms with Crippen LogP contribution in [0, 0.1) is 0 Å². The molecule has 0 aromatic heterocycles. The van der Waals surface area contributed by atoms with Crippen molar-refractivity contribution >= 4 is 12.4 Å². The monoisotopic (exact) mass is 401 g/mol. The molecule has 0 aromatic carbocycles. The summed E-state index contributed by atoms with van der Waals surface area (Å²) in [6.45, 7) is 5.04. The second kappa shape index (κ2) is 16.3. The van der Waals surface area contributed by atoms with Crippen LogP contribution in [-0.2, 0) is 4.74 Å². The summed E-state index contributed by atoms with van der Waals surface area (Å²) in [5.41, 5.74) is 5.73. The highest BCUT2D eigenvalue weighted by atomic mass is 35.5. The zero-order chi connectivity index (χ0) is 19.1. The summed E-state index contributed by atoms with van der Waals surface area (Å²) in [6.07, 6.45) is 23.5. The average Bonchev–Trinajstić information content (AvgIpc) is 2.62. The van der Waals surface area contributed by atoms with Crippen molar-refractivity contribution in [3.8, 4) is 0 Å². The van der Waals surface area contributed by atoms with Crippen molar-refractivity contribution < 1.29 is 9.84 Å². The SMILES string of the molecule is CCCCCCCCCCCCCCCCOC1(C)C=C(O)C(N)=CC1.Cl. The molecule has 1 atom stereocenters. The van der Waals surface area contributed by atoms with E-state index in [9.17, 15) is 5.11 Å². The van der Waals surface area contributed by atoms with E-state index in [-0.39, 0.29) is 18.2 Å². The molecule has 0 radical (unpaired) electrons. The predicted octanol–water partition coefficient (Wildman–Crippen LogP) is 7.35. The Labute approximate surface area is 174 Å². The van der Waals surface area contributed by atoms with Crippen LogP contribution in [0.1, 0.15) is 110 Å². The number of halogens is 1. The molecule has 1 aliphatic carbocycles. The molecule has 1 rings (SSSR count). The fourth-order valence-corrected chi connectivity index (χ4v) is 3.55. The summed E-state index contributed by atoms with van der Waals surface area (Å²) in [7, 11) is 0. The van der Waals surface area contributed by atoms with Crippen LogP contribution in [0.15, 0.2) is 23.6 Å². The van der Waals surface area contributed by atoms with Crippen LogP contribution in [0.25, 0.3) is 0 Å². The van der Waals surface area contributed by atoms with Gasteiger partial charge < -0.3 is 15.6 Å². The number of aliphatic hydroxyl groups is 1. The van der Waals surface area contributed by atoms with Crippen molar-refractivity contribution in [1.29, 1.82) is 0 Å². The lowest BCUT2D eigenvalue weighted by molar-refractivity contribution is 0.00207. The number of hydrogen-bond acceptors (Lipinski definition) is 3. The summed E-state index contributed by atoms with van der Waals surface area (Å²) in [5.74, 6) is 0.153. The van der Waals surface area contributed by atoms with Gasteiger partial charge in [-0.15, -0.1) is 12.4 Å². The smallest absolute Gasteiger partial charge is 0.137 e. The topological polar surface area (TPSA) is 55.5 Å². The van der Waals surface area contributed by atoms with Crippen molar-refractivity contribution in [2.75, 3.05) is 6.61 Å². The van der Waals surface area contributed by atoms with E-state index in [0.717, 1.165) is 19.4 Å². The Bertz CT molecular complexity index is 423. The fraction of sp³-hybridized carbons (Fsp3) is 0.826. The van der Waals surface area contributed by atoms with E-state index in [1.165, 1.54) is 83.5 Å². The van der Waals surface area contributed by atoms with E-state index < -0.39 is 5.60 Å². The largest absolute Gasteiger partial charge is 0.506 e. The second-order valence-corrected chi connectivity index (χ2v) is 8.15. The first kappa shape index (κ1) is 26.3. The van der Waals surface area contributed by atoms with Gasteiger partial charge in [0.25, 0.3) is 0 Å². The molecule has 0 heterocycles. The molecule has 0 spiro atoms. The van der Waals surface area contributed by atoms with E-state index in [1.54, 1.807) is 6.08 Å². The molecule has 1 aliphatic rings. The van der Waals surface area contributed by atoms with Crippen LogP contribution >= 0.6 is 12.4 Å². The molecule has 3 nitrogen and oxygen atoms in total. The van der Waals surface area contributed by atoms with Crippen LogP contribution in [0.5, 0.6) is 0 Å². The number of unbranched alkanes of at least 4 members (excludes halogenated alkanes) is 13. The summed E-state index contributed by atoms with van der Waals surface area (Å²) in [5, 5.41) is 9.73. The average molecular weight is 402 g/mol. The molecular formula is C23H44ClNO2. The fourth-order valence-electron chi connectivity index (χ4n) is 3.55. The highest BCUT2D eigenvalue weighted by Crippen LogP contribution is 2.26. The van der Waals surface area contributed by atoms with Crippen LogP contribution in [0.2, 0.25) is 0 Å². The number of nitrogens with two attached hydrogens (primary N) is 1. The van der Waals surface area contributed by atoms with E-state index in [2.05, 4.69) is 6.92 Å². The highest BCUT2D eigenvalue weighted by Gasteiger charge is 2.26. The number of ether oxygens (including phenoxy) is 1. The Balaban J connectivity index is 0.00000676. The van der Waals surface area contributed by atoms with Gasteiger partial charge in [0, 0.05) is 13.0 Å². The van der Waals surface area contributed by atoms with Crippen molar-refractivity contribution in [3.63, 3.8) is 0 Å². The number of hydrogen-bond donors (Lipinski definition) is 2. The van der Waals surface area contributed by atoms with Crippen molar-refractivity contribution in [2.45, 2.75) is 116 Å². The molecule has 160 valence electrons. The molecule has 3 N–H and O–H groups in total. The second-order valence-electron chi connectivity index (χ2n) is 8.15. The minimum Gasteiger partial charge on any atom is -0.506 e. The molecule has 4 heteroatoms. The van der Waals surface area contributed by atoms with Crippen LogP contribution in [0.3, 0.4) is 0 Å². The zero-order valence-electron chi connectivity index (χ0n) is 17.8. The lowest BCUT2D eigenvalue weighted by Gasteiger charge is -2.28. The minimum absolute atomic E-state index is 0. The maximum atomic E-state index is 9.73. The van der Waals surface area contributed by atoms with Gasteiger partial charge in [0.2, 0.25) is 0 Å². The Kier molecular flexibility index (Phi) is 15.9. The third kappa shape index (κ3) is 13.2. The van der Waals surface area contributed by atoms with Gasteiger partial charge in [0.1, 0.15) is 5.76 Å². The Morgan fingerprint density at radius 1 is 0.889 bits per heavy atom. The van der Waals surface area contributed by atoms with Gasteiger partial charge in [-0.3, -0.25) is 0 Å². The molecule has 0 aliphatic heterocycles. The zero-order valence-corrected chi connectivity index (χ0v) is 18.6. The molecule has 0 bridgehead atoms. The Morgan fingerprint density at radius 3 is 1.78 bits per heavy atom. The van der Waals surface area contributed by atoms with Gasteiger partial charge in [-0.1, -0.05) is 96.5 Å². The molecule has 0 amide bonds. The molecular weight excluding hydrogens is 358 g/mol. The van der Waals surface area contributed by atoms with Crippen LogP contribution in [0.4, 0.5) is 0 Å². The van der Waals surface area contributed by atoms with E-state index in [4.69, 9.17) is 10.5 Å². The standard InChI is InChI=1S/C23H43NO2.ClH/c1-3-4-5-6-7-8-9-10-11-12-13-14-15-16-19-26-23(2)18-17-21(24)22(25)20-23;/h17,20,25H,3-16,18-19,24H2,1-2H3;1H. The van der Waals surface area contributed by atoms with Gasteiger partial charge >= 0.3 is 0 Å². The summed E-state index contributed by atoms with van der Waals surface area (Å²) >= 11 is 0. The van der Waals surface area contributed by atoms with Crippen molar-refractivity contribution in [2.24, 2.45) is 5.73 Å². The lowest BCUT2D eigenvalue weighted by atomic mass is 9.95. The predicted molar refractivity (Wildman–Crippen MR) is 120 cm³/mol. The molecule has 1 unspecified atom stereocenters. The molecule has 0 fully saturated rings. The summed E-state index contributed by atoms with van der Waals surface area (Å²) in [6, 6.07) is 0. The normalized spacial score (nSPS) is 19.3. The van der Waals surface area contributed by atoms with E-state index >= 15 is 0 Å². The van der Waals surface area contributed by atoms with Gasteiger partial charge in [-0.05, 0) is 19.4 Å². The number of rotatable bonds is 16. The van der Waals surface area contributed by atoms with Crippen LogP contribution in [-0.4, -0.2) is 17.3 Å². The molecule has 0 aromatic rings. The van der Waals surface area contributed by atoms with Crippen molar-refractivity contribution in [1.82, 2.24) is 0 Å². The van der Waals surface area contributed by atoms with E-state index in [1.807, 2.05) is 13.0 Å². The summed E-state index contributed by atoms with van der Waals surface area (Å²) < 4.78 is 5.96. The first-order valence-electron chi connectivity index (χ1n) is 11.1. The Morgan fingerprint density at radius 2 is 1.33 bits per heavy atom. The molecule has 0 saturated heterocycles. The number of aliphatic hydroxyl groups excluding tert-OH is 1. The molecule has 27 heavy (non-hydrogen) atoms. The maximum Gasteiger partial charge on any atom is 0.137 e. The first-order valence-corrected chi connectivity index (χ1v) is 11.1. The third-order valence-electron chi connectivity index (χ3n) is 5.39. The quantitative estimate of drug-likeness (QED) is 0.266. The van der Waals surface area contributed by atoms with Crippen LogP contribution < -0.4 is 5.73 Å². The van der Waals surface area contributed by atoms with Gasteiger partial charge in [0.05, 0.1) is 11.3 Å². The maximum absolute atomic E-state index is 9.73. The van der Waals surface area contributed by atoms with E-state index in [0.29, 0.717) is 5.70 Å². The lowest BCUT2D eigenvalue weighted by Crippen LogP contribution is -2.30. The van der Waals surface area contributed by atoms with Crippen molar-refractivity contribution in [3.05, 3.63) is 23.6 Å². The van der Waals surface area contributed by atoms with Gasteiger partial charge in [0.15, 0.2) is 0 Å². The highest BCUT2D eigenvalue weighted by molar-refractivity contribution is 5.85. The Hall–Kier alpha value is -0.670. The third-order valence-corrected chi connectivity index (χ3v) is 5.39. The minimum atomic E-state index is -0.399. The first-order chi connectivity index (χ1) is 12.6. The van der Waals surface area contributed by atoms with Gasteiger partial charge in [-0.2, -0.15) is 0 Å². The summed E-state index contributed by atoms with van der Waals surface area (Å²) in [4.78, 5) is 0. The molecule has 0 saturated carbocycles.